The lowest BCUT2D eigenvalue weighted by atomic mass is 10.1. The number of ether oxygens (including phenoxy) is 1. The summed E-state index contributed by atoms with van der Waals surface area (Å²) >= 11 is 0. The lowest BCUT2D eigenvalue weighted by molar-refractivity contribution is -0.130. The minimum absolute atomic E-state index is 0.103. The fraction of sp³-hybridized carbons (Fsp3) is 0.250. The molecule has 126 valence electrons. The first-order chi connectivity index (χ1) is 11.4. The van der Waals surface area contributed by atoms with Crippen molar-refractivity contribution >= 4 is 17.9 Å². The van der Waals surface area contributed by atoms with Crippen LogP contribution in [0.15, 0.2) is 36.4 Å². The number of primary amides is 1. The van der Waals surface area contributed by atoms with E-state index in [-0.39, 0.29) is 11.6 Å². The number of H-pyrrole nitrogens is 1. The molecule has 0 unspecified atom stereocenters. The number of nitrogens with one attached hydrogen (secondary N) is 2. The molecule has 24 heavy (non-hydrogen) atoms. The normalized spacial score (nSPS) is 11.8. The van der Waals surface area contributed by atoms with Crippen LogP contribution in [-0.4, -0.2) is 34.2 Å². The Hall–Kier alpha value is -3.16. The molecule has 0 aliphatic heterocycles. The number of nitrogens with two attached hydrogens (primary N) is 1. The molecule has 2 rings (SSSR count). The fourth-order valence-corrected chi connectivity index (χ4v) is 2.05. The van der Waals surface area contributed by atoms with Crippen molar-refractivity contribution in [1.82, 2.24) is 15.5 Å². The number of aromatic nitrogens is 2. The molecule has 0 radical (unpaired) electrons. The number of hydrogen-bond acceptors (Lipinski definition) is 5. The number of hydrogen-bond donors (Lipinski definition) is 3. The highest BCUT2D eigenvalue weighted by molar-refractivity contribution is 5.98. The smallest absolute Gasteiger partial charge is 0.357 e. The van der Waals surface area contributed by atoms with Gasteiger partial charge in [0.2, 0.25) is 0 Å². The van der Waals surface area contributed by atoms with E-state index in [0.29, 0.717) is 5.69 Å². The first kappa shape index (κ1) is 17.2. The Morgan fingerprint density at radius 1 is 1.21 bits per heavy atom. The minimum atomic E-state index is -1.14. The van der Waals surface area contributed by atoms with Crippen LogP contribution in [0.25, 0.3) is 11.3 Å². The lowest BCUT2D eigenvalue weighted by Gasteiger charge is -2.19. The number of aromatic amines is 1. The van der Waals surface area contributed by atoms with Crippen molar-refractivity contribution in [3.8, 4) is 11.3 Å². The molecule has 1 heterocycles. The van der Waals surface area contributed by atoms with E-state index in [4.69, 9.17) is 10.5 Å². The zero-order chi connectivity index (χ0) is 17.7. The van der Waals surface area contributed by atoms with Gasteiger partial charge in [0, 0.05) is 5.56 Å². The second-order valence-corrected chi connectivity index (χ2v) is 5.46. The molecular weight excluding hydrogens is 312 g/mol. The molecule has 2 aromatic rings. The molecule has 0 saturated carbocycles. The highest BCUT2D eigenvalue weighted by Gasteiger charge is 2.28. The van der Waals surface area contributed by atoms with Crippen LogP contribution in [0, 0.1) is 5.92 Å². The summed E-state index contributed by atoms with van der Waals surface area (Å²) in [5.41, 5.74) is 6.42. The van der Waals surface area contributed by atoms with Crippen molar-refractivity contribution in [3.63, 3.8) is 0 Å². The molecule has 0 aliphatic carbocycles. The minimum Gasteiger partial charge on any atom is -0.447 e. The van der Waals surface area contributed by atoms with Crippen molar-refractivity contribution in [1.29, 1.82) is 0 Å². The van der Waals surface area contributed by atoms with E-state index in [1.165, 1.54) is 6.07 Å². The van der Waals surface area contributed by atoms with Crippen molar-refractivity contribution in [2.24, 2.45) is 11.7 Å². The van der Waals surface area contributed by atoms with Gasteiger partial charge in [0.1, 0.15) is 5.69 Å². The van der Waals surface area contributed by atoms with E-state index in [1.807, 2.05) is 35.6 Å². The topological polar surface area (TPSA) is 127 Å². The number of esters is 1. The molecule has 1 atom stereocenters. The number of rotatable bonds is 5. The first-order valence-corrected chi connectivity index (χ1v) is 7.30. The summed E-state index contributed by atoms with van der Waals surface area (Å²) in [6.45, 7) is 3.36. The van der Waals surface area contributed by atoms with E-state index in [1.54, 1.807) is 13.8 Å². The number of benzene rings is 1. The Bertz CT molecular complexity index is 740. The molecule has 0 bridgehead atoms. The number of amides is 3. The molecule has 0 fully saturated rings. The van der Waals surface area contributed by atoms with Gasteiger partial charge >= 0.3 is 12.0 Å². The maximum Gasteiger partial charge on any atom is 0.357 e. The molecule has 0 aliphatic rings. The molecule has 3 amide bonds. The van der Waals surface area contributed by atoms with Crippen LogP contribution >= 0.6 is 0 Å². The van der Waals surface area contributed by atoms with E-state index in [9.17, 15) is 14.4 Å². The lowest BCUT2D eigenvalue weighted by Crippen LogP contribution is -2.45. The van der Waals surface area contributed by atoms with Crippen LogP contribution in [0.5, 0.6) is 0 Å². The molecule has 8 nitrogen and oxygen atoms in total. The van der Waals surface area contributed by atoms with Crippen LogP contribution in [-0.2, 0) is 9.53 Å². The highest BCUT2D eigenvalue weighted by atomic mass is 16.5. The first-order valence-electron chi connectivity index (χ1n) is 7.30. The summed E-state index contributed by atoms with van der Waals surface area (Å²) in [5.74, 6) is -1.86. The van der Waals surface area contributed by atoms with Gasteiger partial charge in [0.15, 0.2) is 6.10 Å². The van der Waals surface area contributed by atoms with Gasteiger partial charge in [-0.05, 0) is 12.0 Å². The van der Waals surface area contributed by atoms with Crippen molar-refractivity contribution in [2.45, 2.75) is 20.0 Å². The predicted octanol–water partition coefficient (Wildman–Crippen LogP) is 1.45. The van der Waals surface area contributed by atoms with Gasteiger partial charge in [-0.3, -0.25) is 15.2 Å². The molecule has 8 heteroatoms. The second kappa shape index (κ2) is 7.40. The Morgan fingerprint density at radius 2 is 1.88 bits per heavy atom. The molecule has 0 spiro atoms. The van der Waals surface area contributed by atoms with Gasteiger partial charge in [0.05, 0.1) is 5.69 Å². The summed E-state index contributed by atoms with van der Waals surface area (Å²) in [7, 11) is 0. The Morgan fingerprint density at radius 3 is 2.46 bits per heavy atom. The molecular formula is C16H18N4O4. The number of imide groups is 1. The average molecular weight is 330 g/mol. The van der Waals surface area contributed by atoms with Gasteiger partial charge in [-0.1, -0.05) is 44.2 Å². The third-order valence-electron chi connectivity index (χ3n) is 3.21. The summed E-state index contributed by atoms with van der Waals surface area (Å²) in [6, 6.07) is 9.80. The number of urea groups is 1. The van der Waals surface area contributed by atoms with Crippen molar-refractivity contribution in [3.05, 3.63) is 42.1 Å². The molecule has 4 N–H and O–H groups in total. The van der Waals surface area contributed by atoms with Gasteiger partial charge in [-0.2, -0.15) is 5.10 Å². The zero-order valence-electron chi connectivity index (χ0n) is 13.3. The van der Waals surface area contributed by atoms with Gasteiger partial charge in [-0.15, -0.1) is 0 Å². The third kappa shape index (κ3) is 4.19. The number of carbonyl (C=O) groups is 3. The average Bonchev–Trinajstić information content (AvgIpc) is 3.02. The van der Waals surface area contributed by atoms with Crippen LogP contribution in [0.4, 0.5) is 4.79 Å². The van der Waals surface area contributed by atoms with Crippen LogP contribution in [0.2, 0.25) is 0 Å². The van der Waals surface area contributed by atoms with Crippen LogP contribution in [0.1, 0.15) is 24.3 Å². The number of carbonyl (C=O) groups excluding carboxylic acids is 3. The Balaban J connectivity index is 2.12. The fourth-order valence-electron chi connectivity index (χ4n) is 2.05. The van der Waals surface area contributed by atoms with E-state index >= 15 is 0 Å². The van der Waals surface area contributed by atoms with Gasteiger partial charge in [0.25, 0.3) is 5.91 Å². The van der Waals surface area contributed by atoms with E-state index < -0.39 is 24.0 Å². The predicted molar refractivity (Wildman–Crippen MR) is 85.8 cm³/mol. The van der Waals surface area contributed by atoms with Crippen LogP contribution in [0.3, 0.4) is 0 Å². The SMILES string of the molecule is CC(C)[C@H](OC(=O)c1cc(-c2ccccc2)n[nH]1)C(=O)NC(N)=O. The Labute approximate surface area is 138 Å². The Kier molecular flexibility index (Phi) is 5.31. The molecule has 0 saturated heterocycles. The van der Waals surface area contributed by atoms with E-state index in [2.05, 4.69) is 10.2 Å². The summed E-state index contributed by atoms with van der Waals surface area (Å²) in [4.78, 5) is 34.9. The molecule has 1 aromatic heterocycles. The maximum atomic E-state index is 12.2. The maximum absolute atomic E-state index is 12.2. The van der Waals surface area contributed by atoms with E-state index in [0.717, 1.165) is 5.56 Å². The standard InChI is InChI=1S/C16H18N4O4/c1-9(2)13(14(21)18-16(17)23)24-15(22)12-8-11(19-20-12)10-6-4-3-5-7-10/h3-9,13H,1-2H3,(H,19,20)(H3,17,18,21,23)/t13-/m0/s1. The van der Waals surface area contributed by atoms with Gasteiger partial charge < -0.3 is 10.5 Å². The highest BCUT2D eigenvalue weighted by Crippen LogP contribution is 2.18. The van der Waals surface area contributed by atoms with Crippen molar-refractivity contribution < 1.29 is 19.1 Å². The number of nitrogens with zero attached hydrogens (tertiary/aromatic N) is 1. The van der Waals surface area contributed by atoms with Crippen molar-refractivity contribution in [2.75, 3.05) is 0 Å². The summed E-state index contributed by atoms with van der Waals surface area (Å²) in [6.07, 6.45) is -1.14. The second-order valence-electron chi connectivity index (χ2n) is 5.46. The summed E-state index contributed by atoms with van der Waals surface area (Å²) < 4.78 is 5.18. The quantitative estimate of drug-likeness (QED) is 0.715. The third-order valence-corrected chi connectivity index (χ3v) is 3.21. The monoisotopic (exact) mass is 330 g/mol. The largest absolute Gasteiger partial charge is 0.447 e. The van der Waals surface area contributed by atoms with Gasteiger partial charge in [-0.25, -0.2) is 9.59 Å². The zero-order valence-corrected chi connectivity index (χ0v) is 13.3. The van der Waals surface area contributed by atoms with Crippen LogP contribution < -0.4 is 11.1 Å². The molecule has 1 aromatic carbocycles. The summed E-state index contributed by atoms with van der Waals surface area (Å²) in [5, 5.41) is 8.54.